The van der Waals surface area contributed by atoms with Gasteiger partial charge < -0.3 is 5.11 Å². The fraction of sp³-hybridized carbons (Fsp3) is 1.00. The highest BCUT2D eigenvalue weighted by molar-refractivity contribution is 4.93. The molecule has 0 aromatic carbocycles. The van der Waals surface area contributed by atoms with Gasteiger partial charge in [0, 0.05) is 11.6 Å². The molecule has 2 heteroatoms. The molecule has 16 heavy (non-hydrogen) atoms. The quantitative estimate of drug-likeness (QED) is 0.801. The second-order valence-electron chi connectivity index (χ2n) is 6.39. The zero-order valence-electron chi connectivity index (χ0n) is 11.8. The third-order valence-corrected chi connectivity index (χ3v) is 4.66. The summed E-state index contributed by atoms with van der Waals surface area (Å²) in [5.74, 6) is 1.26. The Morgan fingerprint density at radius 2 is 1.81 bits per heavy atom. The third-order valence-electron chi connectivity index (χ3n) is 4.66. The van der Waals surface area contributed by atoms with Gasteiger partial charge in [0.15, 0.2) is 0 Å². The Hall–Kier alpha value is -0.0800. The molecule has 0 heterocycles. The summed E-state index contributed by atoms with van der Waals surface area (Å²) in [6, 6.07) is 0.325. The number of aliphatic hydroxyl groups excluding tert-OH is 1. The Labute approximate surface area is 101 Å². The van der Waals surface area contributed by atoms with Crippen molar-refractivity contribution in [1.82, 2.24) is 4.90 Å². The topological polar surface area (TPSA) is 23.5 Å². The van der Waals surface area contributed by atoms with Gasteiger partial charge in [0.1, 0.15) is 0 Å². The van der Waals surface area contributed by atoms with Crippen LogP contribution in [-0.4, -0.2) is 34.7 Å². The van der Waals surface area contributed by atoms with Crippen molar-refractivity contribution in [3.8, 4) is 0 Å². The number of likely N-dealkylation sites (N-methyl/N-ethyl adjacent to an activating group) is 1. The second kappa shape index (κ2) is 5.05. The van der Waals surface area contributed by atoms with Crippen LogP contribution in [-0.2, 0) is 0 Å². The van der Waals surface area contributed by atoms with E-state index in [0.717, 1.165) is 12.8 Å². The first-order chi connectivity index (χ1) is 7.29. The van der Waals surface area contributed by atoms with Crippen molar-refractivity contribution in [3.63, 3.8) is 0 Å². The molecule has 4 unspecified atom stereocenters. The van der Waals surface area contributed by atoms with E-state index in [9.17, 15) is 5.11 Å². The molecule has 2 nitrogen and oxygen atoms in total. The molecule has 0 aromatic heterocycles. The molecule has 0 spiro atoms. The van der Waals surface area contributed by atoms with Crippen molar-refractivity contribution in [2.75, 3.05) is 7.05 Å². The molecule has 0 bridgehead atoms. The van der Waals surface area contributed by atoms with E-state index in [1.54, 1.807) is 0 Å². The van der Waals surface area contributed by atoms with E-state index in [0.29, 0.717) is 17.9 Å². The van der Waals surface area contributed by atoms with Gasteiger partial charge in [-0.1, -0.05) is 20.8 Å². The van der Waals surface area contributed by atoms with Crippen LogP contribution in [0.2, 0.25) is 0 Å². The minimum absolute atomic E-state index is 0.158. The number of hydrogen-bond donors (Lipinski definition) is 1. The second-order valence-corrected chi connectivity index (χ2v) is 6.39. The van der Waals surface area contributed by atoms with Gasteiger partial charge in [0.2, 0.25) is 0 Å². The van der Waals surface area contributed by atoms with Crippen LogP contribution in [0.4, 0.5) is 0 Å². The van der Waals surface area contributed by atoms with E-state index in [1.165, 1.54) is 6.42 Å². The number of hydrogen-bond acceptors (Lipinski definition) is 2. The number of rotatable bonds is 3. The van der Waals surface area contributed by atoms with Crippen molar-refractivity contribution in [3.05, 3.63) is 0 Å². The molecular formula is C14H29NO. The Morgan fingerprint density at radius 3 is 2.25 bits per heavy atom. The van der Waals surface area contributed by atoms with E-state index in [4.69, 9.17) is 0 Å². The molecule has 0 aromatic rings. The Kier molecular flexibility index (Phi) is 4.42. The standard InChI is InChI=1S/C14H29NO/c1-7-14(4,5)15(6)13-11(3)8-10(2)9-12(13)16/h10-13,16H,7-9H2,1-6H3. The van der Waals surface area contributed by atoms with E-state index in [2.05, 4.69) is 46.6 Å². The predicted molar refractivity (Wildman–Crippen MR) is 69.5 cm³/mol. The number of nitrogens with zero attached hydrogens (tertiary/aromatic N) is 1. The lowest BCUT2D eigenvalue weighted by atomic mass is 9.76. The summed E-state index contributed by atoms with van der Waals surface area (Å²) in [7, 11) is 2.17. The van der Waals surface area contributed by atoms with Crippen molar-refractivity contribution in [2.24, 2.45) is 11.8 Å². The summed E-state index contributed by atoms with van der Waals surface area (Å²) in [4.78, 5) is 2.40. The number of aliphatic hydroxyl groups is 1. The van der Waals surface area contributed by atoms with Crippen molar-refractivity contribution in [2.45, 2.75) is 71.6 Å². The Balaban J connectivity index is 2.78. The first-order valence-corrected chi connectivity index (χ1v) is 6.70. The van der Waals surface area contributed by atoms with Crippen molar-refractivity contribution < 1.29 is 5.11 Å². The maximum Gasteiger partial charge on any atom is 0.0700 e. The summed E-state index contributed by atoms with van der Waals surface area (Å²) in [5.41, 5.74) is 0.181. The highest BCUT2D eigenvalue weighted by atomic mass is 16.3. The van der Waals surface area contributed by atoms with E-state index in [-0.39, 0.29) is 11.6 Å². The average Bonchev–Trinajstić information content (AvgIpc) is 2.15. The van der Waals surface area contributed by atoms with Crippen LogP contribution in [0.3, 0.4) is 0 Å². The highest BCUT2D eigenvalue weighted by Gasteiger charge is 2.39. The molecule has 1 rings (SSSR count). The zero-order chi connectivity index (χ0) is 12.5. The summed E-state index contributed by atoms with van der Waals surface area (Å²) in [6.07, 6.45) is 3.16. The maximum absolute atomic E-state index is 10.3. The first-order valence-electron chi connectivity index (χ1n) is 6.70. The molecule has 1 saturated carbocycles. The molecule has 0 amide bonds. The Bertz CT molecular complexity index is 215. The van der Waals surface area contributed by atoms with Gasteiger partial charge in [0.25, 0.3) is 0 Å². The predicted octanol–water partition coefficient (Wildman–Crippen LogP) is 2.90. The van der Waals surface area contributed by atoms with E-state index in [1.807, 2.05) is 0 Å². The summed E-state index contributed by atoms with van der Waals surface area (Å²) in [6.45, 7) is 11.3. The average molecular weight is 227 g/mol. The molecule has 0 saturated heterocycles. The minimum Gasteiger partial charge on any atom is -0.391 e. The first kappa shape index (κ1) is 14.0. The fourth-order valence-electron chi connectivity index (χ4n) is 3.09. The fourth-order valence-corrected chi connectivity index (χ4v) is 3.09. The van der Waals surface area contributed by atoms with Crippen LogP contribution in [0, 0.1) is 11.8 Å². The largest absolute Gasteiger partial charge is 0.391 e. The van der Waals surface area contributed by atoms with Crippen LogP contribution in [0.15, 0.2) is 0 Å². The Morgan fingerprint density at radius 1 is 1.25 bits per heavy atom. The molecule has 4 atom stereocenters. The SMILES string of the molecule is CCC(C)(C)N(C)C1C(C)CC(C)CC1O. The van der Waals surface area contributed by atoms with Crippen LogP contribution in [0.25, 0.3) is 0 Å². The molecule has 1 fully saturated rings. The summed E-state index contributed by atoms with van der Waals surface area (Å²) in [5, 5.41) is 10.3. The van der Waals surface area contributed by atoms with Crippen molar-refractivity contribution >= 4 is 0 Å². The van der Waals surface area contributed by atoms with Crippen LogP contribution < -0.4 is 0 Å². The third kappa shape index (κ3) is 2.78. The minimum atomic E-state index is -0.158. The molecule has 1 N–H and O–H groups in total. The highest BCUT2D eigenvalue weighted by Crippen LogP contribution is 2.35. The van der Waals surface area contributed by atoms with Crippen LogP contribution >= 0.6 is 0 Å². The summed E-state index contributed by atoms with van der Waals surface area (Å²) >= 11 is 0. The van der Waals surface area contributed by atoms with Crippen LogP contribution in [0.1, 0.15) is 53.9 Å². The molecule has 1 aliphatic rings. The lowest BCUT2D eigenvalue weighted by Gasteiger charge is -2.48. The lowest BCUT2D eigenvalue weighted by molar-refractivity contribution is -0.0513. The molecule has 1 aliphatic carbocycles. The van der Waals surface area contributed by atoms with Gasteiger partial charge >= 0.3 is 0 Å². The van der Waals surface area contributed by atoms with E-state index < -0.39 is 0 Å². The molecule has 0 radical (unpaired) electrons. The molecule has 96 valence electrons. The van der Waals surface area contributed by atoms with Gasteiger partial charge in [-0.25, -0.2) is 0 Å². The zero-order valence-corrected chi connectivity index (χ0v) is 11.8. The maximum atomic E-state index is 10.3. The van der Waals surface area contributed by atoms with Gasteiger partial charge in [0.05, 0.1) is 6.10 Å². The molecular weight excluding hydrogens is 198 g/mol. The summed E-state index contributed by atoms with van der Waals surface area (Å²) < 4.78 is 0. The lowest BCUT2D eigenvalue weighted by Crippen LogP contribution is -2.56. The molecule has 0 aliphatic heterocycles. The van der Waals surface area contributed by atoms with Gasteiger partial charge in [-0.3, -0.25) is 4.90 Å². The smallest absolute Gasteiger partial charge is 0.0700 e. The van der Waals surface area contributed by atoms with Crippen LogP contribution in [0.5, 0.6) is 0 Å². The van der Waals surface area contributed by atoms with Crippen molar-refractivity contribution in [1.29, 1.82) is 0 Å². The van der Waals surface area contributed by atoms with Gasteiger partial charge in [-0.2, -0.15) is 0 Å². The van der Waals surface area contributed by atoms with E-state index >= 15 is 0 Å². The van der Waals surface area contributed by atoms with Gasteiger partial charge in [-0.15, -0.1) is 0 Å². The van der Waals surface area contributed by atoms with Gasteiger partial charge in [-0.05, 0) is 52.0 Å². The normalized spacial score (nSPS) is 36.8. The monoisotopic (exact) mass is 227 g/mol.